The molecule has 1 aliphatic heterocycles. The summed E-state index contributed by atoms with van der Waals surface area (Å²) in [6.07, 6.45) is 2.06. The Morgan fingerprint density at radius 3 is 2.42 bits per heavy atom. The molecule has 2 heterocycles. The molecule has 0 radical (unpaired) electrons. The van der Waals surface area contributed by atoms with E-state index in [1.807, 2.05) is 47.4 Å². The van der Waals surface area contributed by atoms with Crippen molar-refractivity contribution in [2.75, 3.05) is 19.5 Å². The van der Waals surface area contributed by atoms with Crippen LogP contribution in [0, 0.1) is 0 Å². The number of carbonyl (C=O) groups excluding carboxylic acids is 1. The summed E-state index contributed by atoms with van der Waals surface area (Å²) < 4.78 is 12.9. The molecule has 4 aromatic rings. The van der Waals surface area contributed by atoms with Gasteiger partial charge in [0, 0.05) is 23.6 Å². The Balaban J connectivity index is 1.58. The predicted molar refractivity (Wildman–Crippen MR) is 128 cm³/mol. The molecule has 5 rings (SSSR count). The van der Waals surface area contributed by atoms with E-state index < -0.39 is 0 Å². The van der Waals surface area contributed by atoms with E-state index >= 15 is 0 Å². The van der Waals surface area contributed by atoms with Crippen LogP contribution >= 0.6 is 0 Å². The normalized spacial score (nSPS) is 14.6. The van der Waals surface area contributed by atoms with Gasteiger partial charge in [-0.05, 0) is 41.5 Å². The highest BCUT2D eigenvalue weighted by atomic mass is 16.5. The van der Waals surface area contributed by atoms with Gasteiger partial charge in [-0.25, -0.2) is 4.79 Å². The van der Waals surface area contributed by atoms with Crippen molar-refractivity contribution in [1.29, 1.82) is 0 Å². The molecule has 33 heavy (non-hydrogen) atoms. The molecule has 6 nitrogen and oxygen atoms in total. The van der Waals surface area contributed by atoms with E-state index in [9.17, 15) is 4.79 Å². The van der Waals surface area contributed by atoms with Crippen LogP contribution in [0.1, 0.15) is 22.9 Å². The van der Waals surface area contributed by atoms with Crippen molar-refractivity contribution >= 4 is 11.7 Å². The number of rotatable bonds is 4. The Bertz CT molecular complexity index is 1280. The van der Waals surface area contributed by atoms with Gasteiger partial charge in [0.05, 0.1) is 32.5 Å². The number of fused-ring (bicyclic) bond motifs is 3. The number of nitrogens with zero attached hydrogens (tertiary/aromatic N) is 2. The minimum absolute atomic E-state index is 0.194. The third-order valence-electron chi connectivity index (χ3n) is 5.97. The van der Waals surface area contributed by atoms with Crippen molar-refractivity contribution in [3.8, 4) is 17.2 Å². The minimum Gasteiger partial charge on any atom is -0.493 e. The van der Waals surface area contributed by atoms with E-state index in [-0.39, 0.29) is 12.1 Å². The number of ether oxygens (including phenoxy) is 2. The Morgan fingerprint density at radius 2 is 1.64 bits per heavy atom. The molecular weight excluding hydrogens is 414 g/mol. The quantitative estimate of drug-likeness (QED) is 0.448. The Morgan fingerprint density at radius 1 is 0.879 bits per heavy atom. The van der Waals surface area contributed by atoms with Gasteiger partial charge in [-0.15, -0.1) is 0 Å². The van der Waals surface area contributed by atoms with Gasteiger partial charge >= 0.3 is 6.03 Å². The van der Waals surface area contributed by atoms with Crippen LogP contribution in [0.25, 0.3) is 5.69 Å². The Hall–Kier alpha value is -4.19. The van der Waals surface area contributed by atoms with Crippen LogP contribution in [-0.2, 0) is 6.54 Å². The molecule has 1 N–H and O–H groups in total. The van der Waals surface area contributed by atoms with Crippen LogP contribution in [0.2, 0.25) is 0 Å². The van der Waals surface area contributed by atoms with Crippen LogP contribution in [0.3, 0.4) is 0 Å². The second-order valence-electron chi connectivity index (χ2n) is 7.87. The van der Waals surface area contributed by atoms with Crippen LogP contribution < -0.4 is 14.8 Å². The molecule has 1 aromatic heterocycles. The average molecular weight is 440 g/mol. The lowest BCUT2D eigenvalue weighted by Crippen LogP contribution is -2.37. The fourth-order valence-corrected chi connectivity index (χ4v) is 4.43. The van der Waals surface area contributed by atoms with Crippen molar-refractivity contribution < 1.29 is 14.3 Å². The molecule has 0 aliphatic carbocycles. The fraction of sp³-hybridized carbons (Fsp3) is 0.148. The summed E-state index contributed by atoms with van der Waals surface area (Å²) in [4.78, 5) is 15.6. The van der Waals surface area contributed by atoms with Crippen molar-refractivity contribution in [3.63, 3.8) is 0 Å². The topological polar surface area (TPSA) is 55.7 Å². The Kier molecular flexibility index (Phi) is 5.48. The first-order chi connectivity index (χ1) is 16.2. The molecule has 0 bridgehead atoms. The largest absolute Gasteiger partial charge is 0.493 e. The van der Waals surface area contributed by atoms with Crippen molar-refractivity contribution in [2.24, 2.45) is 0 Å². The molecule has 2 amide bonds. The number of hydrogen-bond acceptors (Lipinski definition) is 3. The third-order valence-corrected chi connectivity index (χ3v) is 5.97. The maximum atomic E-state index is 13.7. The number of anilines is 1. The molecule has 3 aromatic carbocycles. The van der Waals surface area contributed by atoms with E-state index in [1.165, 1.54) is 0 Å². The third kappa shape index (κ3) is 3.80. The molecule has 0 fully saturated rings. The van der Waals surface area contributed by atoms with Gasteiger partial charge in [0.15, 0.2) is 11.5 Å². The number of hydrogen-bond donors (Lipinski definition) is 1. The zero-order valence-corrected chi connectivity index (χ0v) is 18.6. The van der Waals surface area contributed by atoms with Gasteiger partial charge in [-0.1, -0.05) is 48.5 Å². The highest BCUT2D eigenvalue weighted by Crippen LogP contribution is 2.37. The number of carbonyl (C=O) groups is 1. The van der Waals surface area contributed by atoms with E-state index in [2.05, 4.69) is 46.4 Å². The van der Waals surface area contributed by atoms with Gasteiger partial charge in [0.25, 0.3) is 0 Å². The monoisotopic (exact) mass is 439 g/mol. The van der Waals surface area contributed by atoms with Crippen LogP contribution in [0.5, 0.6) is 11.5 Å². The molecule has 0 spiro atoms. The van der Waals surface area contributed by atoms with Crippen molar-refractivity contribution in [3.05, 3.63) is 108 Å². The number of methoxy groups -OCH3 is 2. The summed E-state index contributed by atoms with van der Waals surface area (Å²) in [5.41, 5.74) is 4.88. The van der Waals surface area contributed by atoms with E-state index in [0.717, 1.165) is 22.5 Å². The zero-order chi connectivity index (χ0) is 22.8. The van der Waals surface area contributed by atoms with Crippen molar-refractivity contribution in [1.82, 2.24) is 9.47 Å². The van der Waals surface area contributed by atoms with Gasteiger partial charge in [-0.2, -0.15) is 0 Å². The van der Waals surface area contributed by atoms with Crippen LogP contribution in [0.15, 0.2) is 91.1 Å². The second-order valence-corrected chi connectivity index (χ2v) is 7.87. The summed E-state index contributed by atoms with van der Waals surface area (Å²) in [6.45, 7) is 0.469. The maximum Gasteiger partial charge on any atom is 0.322 e. The number of benzene rings is 3. The van der Waals surface area contributed by atoms with E-state index in [0.29, 0.717) is 23.7 Å². The average Bonchev–Trinajstić information content (AvgIpc) is 3.28. The molecular formula is C27H25N3O3. The first kappa shape index (κ1) is 20.7. The summed E-state index contributed by atoms with van der Waals surface area (Å²) in [6, 6.07) is 27.3. The van der Waals surface area contributed by atoms with Gasteiger partial charge in [0.2, 0.25) is 0 Å². The van der Waals surface area contributed by atoms with Gasteiger partial charge < -0.3 is 24.3 Å². The smallest absolute Gasteiger partial charge is 0.322 e. The summed E-state index contributed by atoms with van der Waals surface area (Å²) in [5, 5.41) is 3.06. The highest BCUT2D eigenvalue weighted by Gasteiger charge is 2.33. The molecule has 1 aliphatic rings. The van der Waals surface area contributed by atoms with E-state index in [4.69, 9.17) is 9.47 Å². The molecule has 6 heteroatoms. The molecule has 0 unspecified atom stereocenters. The number of nitrogens with one attached hydrogen (secondary N) is 1. The van der Waals surface area contributed by atoms with E-state index in [1.54, 1.807) is 26.4 Å². The maximum absolute atomic E-state index is 13.7. The van der Waals surface area contributed by atoms with Gasteiger partial charge in [-0.3, -0.25) is 0 Å². The molecule has 166 valence electrons. The molecule has 0 saturated heterocycles. The summed E-state index contributed by atoms with van der Waals surface area (Å²) in [5.74, 6) is 1.17. The van der Waals surface area contributed by atoms with Crippen LogP contribution in [0.4, 0.5) is 10.5 Å². The summed E-state index contributed by atoms with van der Waals surface area (Å²) >= 11 is 0. The first-order valence-electron chi connectivity index (χ1n) is 10.8. The fourth-order valence-electron chi connectivity index (χ4n) is 4.43. The highest BCUT2D eigenvalue weighted by molar-refractivity contribution is 5.90. The lowest BCUT2D eigenvalue weighted by atomic mass is 10.0. The predicted octanol–water partition coefficient (Wildman–Crippen LogP) is 5.63. The molecule has 1 atom stereocenters. The Labute approximate surface area is 193 Å². The molecule has 0 saturated carbocycles. The number of amides is 2. The SMILES string of the molecule is COc1ccc(NC(=O)N2Cc3ccccc3-n3cccc3[C@@H]2c2ccccc2)cc1OC. The van der Waals surface area contributed by atoms with Crippen molar-refractivity contribution in [2.45, 2.75) is 12.6 Å². The summed E-state index contributed by atoms with van der Waals surface area (Å²) in [7, 11) is 3.17. The number of urea groups is 1. The number of para-hydroxylation sites is 1. The standard InChI is InChI=1S/C27H25N3O3/c1-32-24-15-14-21(17-25(24)33-2)28-27(31)30-18-20-11-6-7-12-22(20)29-16-8-13-23(29)26(30)19-9-4-3-5-10-19/h3-17,26H,18H2,1-2H3,(H,28,31)/t26-/m0/s1. The first-order valence-corrected chi connectivity index (χ1v) is 10.8. The lowest BCUT2D eigenvalue weighted by molar-refractivity contribution is 0.194. The van der Waals surface area contributed by atoms with Crippen LogP contribution in [-0.4, -0.2) is 29.7 Å². The lowest BCUT2D eigenvalue weighted by Gasteiger charge is -2.31. The minimum atomic E-state index is -0.256. The number of aromatic nitrogens is 1. The second kappa shape index (κ2) is 8.74. The van der Waals surface area contributed by atoms with Gasteiger partial charge in [0.1, 0.15) is 0 Å². The zero-order valence-electron chi connectivity index (χ0n) is 18.6.